The fourth-order valence-corrected chi connectivity index (χ4v) is 4.81. The first-order chi connectivity index (χ1) is 12.2. The number of hydrogen-bond acceptors (Lipinski definition) is 0. The zero-order chi connectivity index (χ0) is 17.0. The summed E-state index contributed by atoms with van der Waals surface area (Å²) in [4.78, 5) is 0. The SMILES string of the molecule is CC(C)(c1cccc2c1Cc1ccccc1-2)C1C=Cc2ccccc21. The molecule has 25 heavy (non-hydrogen) atoms. The fraction of sp³-hybridized carbons (Fsp3) is 0.200. The van der Waals surface area contributed by atoms with E-state index in [9.17, 15) is 0 Å². The van der Waals surface area contributed by atoms with Crippen molar-refractivity contribution < 1.29 is 0 Å². The molecule has 3 aromatic rings. The minimum Gasteiger partial charge on any atom is -0.0755 e. The second-order valence-electron chi connectivity index (χ2n) is 7.85. The molecule has 0 spiro atoms. The van der Waals surface area contributed by atoms with Gasteiger partial charge in [-0.2, -0.15) is 0 Å². The number of benzene rings is 3. The van der Waals surface area contributed by atoms with Crippen molar-refractivity contribution in [3.8, 4) is 11.1 Å². The van der Waals surface area contributed by atoms with Crippen LogP contribution in [-0.4, -0.2) is 0 Å². The predicted octanol–water partition coefficient (Wildman–Crippen LogP) is 6.35. The molecule has 3 aromatic carbocycles. The zero-order valence-corrected chi connectivity index (χ0v) is 14.8. The van der Waals surface area contributed by atoms with Gasteiger partial charge in [0, 0.05) is 11.3 Å². The lowest BCUT2D eigenvalue weighted by atomic mass is 9.69. The maximum absolute atomic E-state index is 2.41. The van der Waals surface area contributed by atoms with Gasteiger partial charge in [-0.1, -0.05) is 92.7 Å². The molecule has 0 bridgehead atoms. The second kappa shape index (κ2) is 5.20. The minimum atomic E-state index is 0.0660. The van der Waals surface area contributed by atoms with E-state index in [1.807, 2.05) is 0 Å². The Balaban J connectivity index is 1.65. The first-order valence-electron chi connectivity index (χ1n) is 9.14. The Labute approximate surface area is 149 Å². The van der Waals surface area contributed by atoms with E-state index in [0.717, 1.165) is 6.42 Å². The van der Waals surface area contributed by atoms with Gasteiger partial charge in [-0.05, 0) is 45.4 Å². The van der Waals surface area contributed by atoms with Crippen LogP contribution in [0, 0.1) is 0 Å². The number of hydrogen-bond donors (Lipinski definition) is 0. The summed E-state index contributed by atoms with van der Waals surface area (Å²) in [6.45, 7) is 4.81. The highest BCUT2D eigenvalue weighted by Crippen LogP contribution is 2.49. The average molecular weight is 322 g/mol. The van der Waals surface area contributed by atoms with Crippen molar-refractivity contribution in [3.63, 3.8) is 0 Å². The Bertz CT molecular complexity index is 1000. The topological polar surface area (TPSA) is 0 Å². The number of fused-ring (bicyclic) bond motifs is 4. The summed E-state index contributed by atoms with van der Waals surface area (Å²) >= 11 is 0. The Morgan fingerprint density at radius 3 is 2.48 bits per heavy atom. The van der Waals surface area contributed by atoms with Gasteiger partial charge in [0.05, 0.1) is 0 Å². The Morgan fingerprint density at radius 1 is 0.800 bits per heavy atom. The van der Waals surface area contributed by atoms with Crippen molar-refractivity contribution in [1.82, 2.24) is 0 Å². The number of allylic oxidation sites excluding steroid dienone is 1. The monoisotopic (exact) mass is 322 g/mol. The highest BCUT2D eigenvalue weighted by Gasteiger charge is 2.37. The second-order valence-corrected chi connectivity index (χ2v) is 7.85. The van der Waals surface area contributed by atoms with E-state index < -0.39 is 0 Å². The van der Waals surface area contributed by atoms with E-state index in [-0.39, 0.29) is 5.41 Å². The van der Waals surface area contributed by atoms with Crippen LogP contribution in [0.4, 0.5) is 0 Å². The molecule has 0 saturated carbocycles. The van der Waals surface area contributed by atoms with Gasteiger partial charge in [-0.15, -0.1) is 0 Å². The molecule has 0 fully saturated rings. The normalized spacial score (nSPS) is 17.3. The molecule has 0 saturated heterocycles. The van der Waals surface area contributed by atoms with E-state index in [1.165, 1.54) is 38.9 Å². The maximum atomic E-state index is 2.41. The molecule has 0 heteroatoms. The van der Waals surface area contributed by atoms with Crippen LogP contribution in [0.2, 0.25) is 0 Å². The molecule has 0 aromatic heterocycles. The van der Waals surface area contributed by atoms with Crippen molar-refractivity contribution in [3.05, 3.63) is 101 Å². The van der Waals surface area contributed by atoms with Crippen LogP contribution < -0.4 is 0 Å². The molecule has 5 rings (SSSR count). The molecule has 0 radical (unpaired) electrons. The molecule has 0 aliphatic heterocycles. The third kappa shape index (κ3) is 2.07. The van der Waals surface area contributed by atoms with E-state index >= 15 is 0 Å². The van der Waals surface area contributed by atoms with Crippen LogP contribution in [0.1, 0.15) is 47.6 Å². The van der Waals surface area contributed by atoms with E-state index in [2.05, 4.69) is 92.7 Å². The van der Waals surface area contributed by atoms with Gasteiger partial charge in [-0.3, -0.25) is 0 Å². The molecule has 0 heterocycles. The summed E-state index contributed by atoms with van der Waals surface area (Å²) < 4.78 is 0. The van der Waals surface area contributed by atoms with Crippen LogP contribution >= 0.6 is 0 Å². The molecule has 1 unspecified atom stereocenters. The number of rotatable bonds is 2. The third-order valence-corrected chi connectivity index (χ3v) is 6.12. The third-order valence-electron chi connectivity index (χ3n) is 6.12. The van der Waals surface area contributed by atoms with Gasteiger partial charge in [0.2, 0.25) is 0 Å². The summed E-state index contributed by atoms with van der Waals surface area (Å²) in [5.41, 5.74) is 10.2. The van der Waals surface area contributed by atoms with Crippen molar-refractivity contribution in [2.45, 2.75) is 31.6 Å². The predicted molar refractivity (Wildman–Crippen MR) is 106 cm³/mol. The van der Waals surface area contributed by atoms with Gasteiger partial charge in [0.15, 0.2) is 0 Å². The Kier molecular flexibility index (Phi) is 3.06. The first kappa shape index (κ1) is 14.7. The molecule has 0 nitrogen and oxygen atoms in total. The highest BCUT2D eigenvalue weighted by molar-refractivity contribution is 5.78. The molecule has 1 atom stereocenters. The Morgan fingerprint density at radius 2 is 1.56 bits per heavy atom. The van der Waals surface area contributed by atoms with Crippen molar-refractivity contribution >= 4 is 6.08 Å². The smallest absolute Gasteiger partial charge is 0.0119 e. The first-order valence-corrected chi connectivity index (χ1v) is 9.14. The zero-order valence-electron chi connectivity index (χ0n) is 14.8. The summed E-state index contributed by atoms with van der Waals surface area (Å²) in [6.07, 6.45) is 5.75. The quantitative estimate of drug-likeness (QED) is 0.403. The van der Waals surface area contributed by atoms with E-state index in [1.54, 1.807) is 0 Å². The van der Waals surface area contributed by atoms with Gasteiger partial charge >= 0.3 is 0 Å². The van der Waals surface area contributed by atoms with Gasteiger partial charge in [0.1, 0.15) is 0 Å². The molecule has 0 N–H and O–H groups in total. The summed E-state index contributed by atoms with van der Waals surface area (Å²) in [7, 11) is 0. The molecular formula is C25H22. The standard InChI is InChI=1S/C25H22/c1-25(2,24-15-14-17-8-3-6-11-20(17)24)23-13-7-12-21-19-10-5-4-9-18(19)16-22(21)23/h3-15,24H,16H2,1-2H3. The van der Waals surface area contributed by atoms with Gasteiger partial charge < -0.3 is 0 Å². The Hall–Kier alpha value is -2.60. The van der Waals surface area contributed by atoms with Crippen LogP contribution in [-0.2, 0) is 11.8 Å². The van der Waals surface area contributed by atoms with Crippen molar-refractivity contribution in [1.29, 1.82) is 0 Å². The lowest BCUT2D eigenvalue weighted by Gasteiger charge is -2.34. The van der Waals surface area contributed by atoms with Crippen LogP contribution in [0.25, 0.3) is 17.2 Å². The minimum absolute atomic E-state index is 0.0660. The molecular weight excluding hydrogens is 300 g/mol. The largest absolute Gasteiger partial charge is 0.0755 e. The molecule has 122 valence electrons. The van der Waals surface area contributed by atoms with Gasteiger partial charge in [0.25, 0.3) is 0 Å². The average Bonchev–Trinajstić information content (AvgIpc) is 3.23. The van der Waals surface area contributed by atoms with Crippen LogP contribution in [0.3, 0.4) is 0 Å². The van der Waals surface area contributed by atoms with Gasteiger partial charge in [-0.25, -0.2) is 0 Å². The fourth-order valence-electron chi connectivity index (χ4n) is 4.81. The van der Waals surface area contributed by atoms with Crippen molar-refractivity contribution in [2.75, 3.05) is 0 Å². The molecule has 2 aliphatic rings. The van der Waals surface area contributed by atoms with E-state index in [0.29, 0.717) is 5.92 Å². The highest BCUT2D eigenvalue weighted by atomic mass is 14.4. The maximum Gasteiger partial charge on any atom is 0.0119 e. The summed E-state index contributed by atoms with van der Waals surface area (Å²) in [6, 6.07) is 24.6. The summed E-state index contributed by atoms with van der Waals surface area (Å²) in [5.74, 6) is 0.430. The van der Waals surface area contributed by atoms with E-state index in [4.69, 9.17) is 0 Å². The van der Waals surface area contributed by atoms with Crippen LogP contribution in [0.5, 0.6) is 0 Å². The van der Waals surface area contributed by atoms with Crippen molar-refractivity contribution in [2.24, 2.45) is 0 Å². The molecule has 2 aliphatic carbocycles. The lowest BCUT2D eigenvalue weighted by Crippen LogP contribution is -2.26. The molecule has 0 amide bonds. The lowest BCUT2D eigenvalue weighted by molar-refractivity contribution is 0.470. The summed E-state index contributed by atoms with van der Waals surface area (Å²) in [5, 5.41) is 0. The van der Waals surface area contributed by atoms with Crippen LogP contribution in [0.15, 0.2) is 72.8 Å².